The quantitative estimate of drug-likeness (QED) is 0.443. The first-order valence-corrected chi connectivity index (χ1v) is 9.88. The van der Waals surface area contributed by atoms with Gasteiger partial charge in [0, 0.05) is 6.54 Å². The van der Waals surface area contributed by atoms with Gasteiger partial charge in [-0.05, 0) is 50.1 Å². The molecule has 1 fully saturated rings. The van der Waals surface area contributed by atoms with Gasteiger partial charge >= 0.3 is 0 Å². The van der Waals surface area contributed by atoms with E-state index in [2.05, 4.69) is 32.6 Å². The first-order chi connectivity index (χ1) is 10.2. The highest BCUT2D eigenvalue weighted by Crippen LogP contribution is 2.25. The average Bonchev–Trinajstić information content (AvgIpc) is 2.47. The number of nitrogens with zero attached hydrogens (tertiary/aromatic N) is 1. The molecule has 0 N–H and O–H groups in total. The highest BCUT2D eigenvalue weighted by atomic mass is 15.1. The smallest absolute Gasteiger partial charge is 0.000702 e. The monoisotopic (exact) mass is 295 g/mol. The van der Waals surface area contributed by atoms with Crippen molar-refractivity contribution in [3.05, 3.63) is 0 Å². The summed E-state index contributed by atoms with van der Waals surface area (Å²) in [7, 11) is 0. The maximum atomic E-state index is 2.72. The lowest BCUT2D eigenvalue weighted by molar-refractivity contribution is 0.155. The Bertz CT molecular complexity index is 230. The molecule has 0 aromatic heterocycles. The summed E-state index contributed by atoms with van der Waals surface area (Å²) in [6, 6.07) is 0. The molecule has 0 aromatic rings. The van der Waals surface area contributed by atoms with Gasteiger partial charge in [0.1, 0.15) is 0 Å². The molecule has 0 aliphatic carbocycles. The van der Waals surface area contributed by atoms with E-state index in [-0.39, 0.29) is 0 Å². The highest BCUT2D eigenvalue weighted by molar-refractivity contribution is 4.74. The summed E-state index contributed by atoms with van der Waals surface area (Å²) in [5.74, 6) is 2.88. The average molecular weight is 296 g/mol. The number of likely N-dealkylation sites (tertiary alicyclic amines) is 1. The van der Waals surface area contributed by atoms with Gasteiger partial charge in [-0.25, -0.2) is 0 Å². The van der Waals surface area contributed by atoms with Crippen molar-refractivity contribution in [2.24, 2.45) is 17.8 Å². The van der Waals surface area contributed by atoms with E-state index in [0.29, 0.717) is 0 Å². The normalized spacial score (nSPS) is 20.6. The molecule has 2 unspecified atom stereocenters. The highest BCUT2D eigenvalue weighted by Gasteiger charge is 2.20. The van der Waals surface area contributed by atoms with Gasteiger partial charge in [-0.1, -0.05) is 72.6 Å². The first-order valence-electron chi connectivity index (χ1n) is 9.88. The van der Waals surface area contributed by atoms with Crippen molar-refractivity contribution in [3.8, 4) is 0 Å². The molecule has 0 amide bonds. The molecule has 2 atom stereocenters. The van der Waals surface area contributed by atoms with Crippen LogP contribution in [-0.2, 0) is 0 Å². The van der Waals surface area contributed by atoms with Crippen LogP contribution < -0.4 is 0 Å². The molecule has 1 nitrogen and oxygen atoms in total. The molecule has 0 radical (unpaired) electrons. The summed E-state index contributed by atoms with van der Waals surface area (Å²) in [6.07, 6.45) is 14.3. The molecule has 1 rings (SSSR count). The summed E-state index contributed by atoms with van der Waals surface area (Å²) in [4.78, 5) is 2.72. The van der Waals surface area contributed by atoms with Crippen molar-refractivity contribution < 1.29 is 0 Å². The molecule has 1 heterocycles. The largest absolute Gasteiger partial charge is 0.303 e. The van der Waals surface area contributed by atoms with E-state index in [9.17, 15) is 0 Å². The van der Waals surface area contributed by atoms with Crippen LogP contribution in [0.5, 0.6) is 0 Å². The lowest BCUT2D eigenvalue weighted by atomic mass is 9.88. The van der Waals surface area contributed by atoms with E-state index in [1.807, 2.05) is 0 Å². The zero-order valence-corrected chi connectivity index (χ0v) is 15.4. The summed E-state index contributed by atoms with van der Waals surface area (Å²) < 4.78 is 0. The molecule has 21 heavy (non-hydrogen) atoms. The molecule has 1 aliphatic heterocycles. The molecule has 1 saturated heterocycles. The third-order valence-electron chi connectivity index (χ3n) is 5.42. The minimum Gasteiger partial charge on any atom is -0.303 e. The van der Waals surface area contributed by atoms with Crippen LogP contribution in [0.15, 0.2) is 0 Å². The van der Waals surface area contributed by atoms with Gasteiger partial charge in [0.25, 0.3) is 0 Å². The molecular weight excluding hydrogens is 254 g/mol. The Balaban J connectivity index is 2.05. The predicted octanol–water partition coefficient (Wildman–Crippen LogP) is 6.13. The maximum Gasteiger partial charge on any atom is 0.000702 e. The Morgan fingerprint density at radius 1 is 0.857 bits per heavy atom. The molecule has 0 spiro atoms. The number of hydrogen-bond donors (Lipinski definition) is 0. The second-order valence-corrected chi connectivity index (χ2v) is 7.82. The van der Waals surface area contributed by atoms with Gasteiger partial charge in [0.05, 0.1) is 0 Å². The van der Waals surface area contributed by atoms with Crippen LogP contribution in [0, 0.1) is 17.8 Å². The summed E-state index contributed by atoms with van der Waals surface area (Å²) >= 11 is 0. The third-order valence-corrected chi connectivity index (χ3v) is 5.42. The van der Waals surface area contributed by atoms with Crippen molar-refractivity contribution in [2.75, 3.05) is 19.6 Å². The van der Waals surface area contributed by atoms with E-state index in [1.54, 1.807) is 0 Å². The zero-order valence-electron chi connectivity index (χ0n) is 15.4. The van der Waals surface area contributed by atoms with Gasteiger partial charge in [0.15, 0.2) is 0 Å². The van der Waals surface area contributed by atoms with Gasteiger partial charge in [0.2, 0.25) is 0 Å². The zero-order chi connectivity index (χ0) is 15.5. The minimum absolute atomic E-state index is 0.894. The molecule has 1 aliphatic rings. The lowest BCUT2D eigenvalue weighted by Gasteiger charge is -2.33. The van der Waals surface area contributed by atoms with Crippen molar-refractivity contribution in [2.45, 2.75) is 91.9 Å². The Kier molecular flexibility index (Phi) is 10.4. The molecule has 0 saturated carbocycles. The van der Waals surface area contributed by atoms with Crippen molar-refractivity contribution >= 4 is 0 Å². The second-order valence-electron chi connectivity index (χ2n) is 7.82. The number of rotatable bonds is 11. The van der Waals surface area contributed by atoms with Gasteiger partial charge in [-0.15, -0.1) is 0 Å². The van der Waals surface area contributed by atoms with Crippen LogP contribution >= 0.6 is 0 Å². The van der Waals surface area contributed by atoms with Crippen LogP contribution in [0.1, 0.15) is 91.9 Å². The molecule has 0 aromatic carbocycles. The molecule has 126 valence electrons. The summed E-state index contributed by atoms with van der Waals surface area (Å²) in [6.45, 7) is 13.6. The van der Waals surface area contributed by atoms with Crippen LogP contribution in [0.2, 0.25) is 0 Å². The van der Waals surface area contributed by atoms with E-state index in [1.165, 1.54) is 83.8 Å². The van der Waals surface area contributed by atoms with Crippen molar-refractivity contribution in [1.82, 2.24) is 4.90 Å². The topological polar surface area (TPSA) is 3.24 Å². The SMILES string of the molecule is CCCCC(C)CCCC1CCN(CC(C)CCC)CC1. The molecular formula is C20H41N. The Labute approximate surface area is 134 Å². The molecule has 1 heteroatoms. The van der Waals surface area contributed by atoms with E-state index >= 15 is 0 Å². The van der Waals surface area contributed by atoms with Crippen LogP contribution in [0.4, 0.5) is 0 Å². The Morgan fingerprint density at radius 2 is 1.52 bits per heavy atom. The van der Waals surface area contributed by atoms with Crippen LogP contribution in [0.25, 0.3) is 0 Å². The first kappa shape index (κ1) is 19.0. The third kappa shape index (κ3) is 8.86. The predicted molar refractivity (Wildman–Crippen MR) is 95.8 cm³/mol. The fraction of sp³-hybridized carbons (Fsp3) is 1.00. The minimum atomic E-state index is 0.894. The maximum absolute atomic E-state index is 2.72. The number of hydrogen-bond acceptors (Lipinski definition) is 1. The number of unbranched alkanes of at least 4 members (excludes halogenated alkanes) is 1. The van der Waals surface area contributed by atoms with E-state index < -0.39 is 0 Å². The van der Waals surface area contributed by atoms with E-state index in [4.69, 9.17) is 0 Å². The Hall–Kier alpha value is -0.0400. The van der Waals surface area contributed by atoms with Crippen molar-refractivity contribution in [3.63, 3.8) is 0 Å². The van der Waals surface area contributed by atoms with Crippen molar-refractivity contribution in [1.29, 1.82) is 0 Å². The fourth-order valence-electron chi connectivity index (χ4n) is 3.93. The Morgan fingerprint density at radius 3 is 2.14 bits per heavy atom. The summed E-state index contributed by atoms with van der Waals surface area (Å²) in [5.41, 5.74) is 0. The van der Waals surface area contributed by atoms with E-state index in [0.717, 1.165) is 17.8 Å². The summed E-state index contributed by atoms with van der Waals surface area (Å²) in [5, 5.41) is 0. The number of piperidine rings is 1. The van der Waals surface area contributed by atoms with Gasteiger partial charge in [-0.3, -0.25) is 0 Å². The second kappa shape index (κ2) is 11.5. The fourth-order valence-corrected chi connectivity index (χ4v) is 3.93. The molecule has 0 bridgehead atoms. The lowest BCUT2D eigenvalue weighted by Crippen LogP contribution is -2.36. The van der Waals surface area contributed by atoms with Gasteiger partial charge in [-0.2, -0.15) is 0 Å². The van der Waals surface area contributed by atoms with Crippen LogP contribution in [-0.4, -0.2) is 24.5 Å². The van der Waals surface area contributed by atoms with Crippen LogP contribution in [0.3, 0.4) is 0 Å². The van der Waals surface area contributed by atoms with Gasteiger partial charge < -0.3 is 4.90 Å². The standard InChI is InChI=1S/C20H41N/c1-5-7-10-18(3)11-8-12-20-13-15-21(16-14-20)17-19(4)9-6-2/h18-20H,5-17H2,1-4H3.